The molecule has 1 amide bonds. The molecule has 112 valence electrons. The Bertz CT molecular complexity index is 573. The maximum Gasteiger partial charge on any atom is 0.287 e. The minimum Gasteiger partial charge on any atom is -0.438 e. The summed E-state index contributed by atoms with van der Waals surface area (Å²) in [5, 5.41) is 5.79. The molecule has 0 spiro atoms. The van der Waals surface area contributed by atoms with Gasteiger partial charge in [-0.3, -0.25) is 4.79 Å². The van der Waals surface area contributed by atoms with Gasteiger partial charge in [-0.2, -0.15) is 0 Å². The van der Waals surface area contributed by atoms with Crippen LogP contribution in [-0.4, -0.2) is 51.9 Å². The molecule has 1 saturated heterocycles. The van der Waals surface area contributed by atoms with E-state index in [0.29, 0.717) is 0 Å². The van der Waals surface area contributed by atoms with Crippen LogP contribution < -0.4 is 10.6 Å². The quantitative estimate of drug-likeness (QED) is 0.817. The van der Waals surface area contributed by atoms with E-state index in [0.717, 1.165) is 30.2 Å². The number of furan rings is 1. The number of amides is 1. The van der Waals surface area contributed by atoms with Crippen molar-refractivity contribution < 1.29 is 17.6 Å². The van der Waals surface area contributed by atoms with Gasteiger partial charge in [0.05, 0.1) is 0 Å². The molecule has 20 heavy (non-hydrogen) atoms. The standard InChI is InChI=1S/C12H19N3O4S/c1-15(2)20(17,18)11-6-5-10(19-11)12(16)14-9-4-3-7-13-8-9/h5-6,9,13H,3-4,7-8H2,1-2H3,(H,14,16)/t9-/m0/s1. The number of carbonyl (C=O) groups excluding carboxylic acids is 1. The highest BCUT2D eigenvalue weighted by atomic mass is 32.2. The van der Waals surface area contributed by atoms with E-state index in [9.17, 15) is 13.2 Å². The largest absolute Gasteiger partial charge is 0.438 e. The molecule has 0 unspecified atom stereocenters. The van der Waals surface area contributed by atoms with Crippen molar-refractivity contribution in [3.05, 3.63) is 17.9 Å². The SMILES string of the molecule is CN(C)S(=O)(=O)c1ccc(C(=O)N[C@H]2CCCNC2)o1. The molecule has 0 bridgehead atoms. The van der Waals surface area contributed by atoms with E-state index in [1.807, 2.05) is 0 Å². The van der Waals surface area contributed by atoms with Gasteiger partial charge in [-0.25, -0.2) is 12.7 Å². The van der Waals surface area contributed by atoms with Crippen LogP contribution in [0.4, 0.5) is 0 Å². The highest BCUT2D eigenvalue weighted by Crippen LogP contribution is 2.17. The first-order chi connectivity index (χ1) is 9.41. The number of piperidine rings is 1. The first-order valence-electron chi connectivity index (χ1n) is 6.45. The molecule has 1 aromatic rings. The maximum absolute atomic E-state index is 12.0. The van der Waals surface area contributed by atoms with Gasteiger partial charge in [0.15, 0.2) is 5.76 Å². The van der Waals surface area contributed by atoms with Crippen molar-refractivity contribution in [2.45, 2.75) is 24.0 Å². The Labute approximate surface area is 118 Å². The van der Waals surface area contributed by atoms with Gasteiger partial charge in [-0.15, -0.1) is 0 Å². The van der Waals surface area contributed by atoms with E-state index in [-0.39, 0.29) is 22.8 Å². The third-order valence-corrected chi connectivity index (χ3v) is 4.86. The van der Waals surface area contributed by atoms with Crippen LogP contribution in [0, 0.1) is 0 Å². The maximum atomic E-state index is 12.0. The molecule has 0 saturated carbocycles. The lowest BCUT2D eigenvalue weighted by Crippen LogP contribution is -2.45. The van der Waals surface area contributed by atoms with E-state index < -0.39 is 10.0 Å². The fraction of sp³-hybridized carbons (Fsp3) is 0.583. The van der Waals surface area contributed by atoms with Crippen LogP contribution in [0.25, 0.3) is 0 Å². The summed E-state index contributed by atoms with van der Waals surface area (Å²) in [5.41, 5.74) is 0. The second-order valence-electron chi connectivity index (χ2n) is 4.92. The van der Waals surface area contributed by atoms with Gasteiger partial charge in [0.1, 0.15) is 0 Å². The van der Waals surface area contributed by atoms with Crippen LogP contribution in [0.15, 0.2) is 21.6 Å². The summed E-state index contributed by atoms with van der Waals surface area (Å²) >= 11 is 0. The number of hydrogen-bond acceptors (Lipinski definition) is 5. The Hall–Kier alpha value is -1.38. The highest BCUT2D eigenvalue weighted by molar-refractivity contribution is 7.88. The number of sulfonamides is 1. The van der Waals surface area contributed by atoms with Crippen LogP contribution in [0.5, 0.6) is 0 Å². The highest BCUT2D eigenvalue weighted by Gasteiger charge is 2.24. The van der Waals surface area contributed by atoms with Crippen LogP contribution >= 0.6 is 0 Å². The molecule has 2 heterocycles. The zero-order valence-corrected chi connectivity index (χ0v) is 12.4. The van der Waals surface area contributed by atoms with Gasteiger partial charge >= 0.3 is 0 Å². The fourth-order valence-corrected chi connectivity index (χ4v) is 2.79. The van der Waals surface area contributed by atoms with E-state index >= 15 is 0 Å². The molecule has 2 N–H and O–H groups in total. The second kappa shape index (κ2) is 5.94. The van der Waals surface area contributed by atoms with Crippen LogP contribution in [0.3, 0.4) is 0 Å². The minimum absolute atomic E-state index is 0.0102. The van der Waals surface area contributed by atoms with Gasteiger partial charge in [0.25, 0.3) is 15.9 Å². The van der Waals surface area contributed by atoms with E-state index in [2.05, 4.69) is 10.6 Å². The lowest BCUT2D eigenvalue weighted by Gasteiger charge is -2.23. The first-order valence-corrected chi connectivity index (χ1v) is 7.89. The summed E-state index contributed by atoms with van der Waals surface area (Å²) in [6.45, 7) is 1.67. The van der Waals surface area contributed by atoms with Crippen LogP contribution in [0.1, 0.15) is 23.4 Å². The summed E-state index contributed by atoms with van der Waals surface area (Å²) < 4.78 is 29.9. The summed E-state index contributed by atoms with van der Waals surface area (Å²) in [6.07, 6.45) is 1.91. The molecule has 0 aliphatic carbocycles. The molecule has 1 fully saturated rings. The molecule has 8 heteroatoms. The lowest BCUT2D eigenvalue weighted by atomic mass is 10.1. The molecule has 1 aliphatic rings. The Morgan fingerprint density at radius 1 is 1.45 bits per heavy atom. The topological polar surface area (TPSA) is 91.7 Å². The molecule has 2 rings (SSSR count). The van der Waals surface area contributed by atoms with Crippen LogP contribution in [-0.2, 0) is 10.0 Å². The Morgan fingerprint density at radius 3 is 2.80 bits per heavy atom. The van der Waals surface area contributed by atoms with Gasteiger partial charge in [-0.05, 0) is 31.5 Å². The van der Waals surface area contributed by atoms with Crippen molar-refractivity contribution in [2.75, 3.05) is 27.2 Å². The van der Waals surface area contributed by atoms with Gasteiger partial charge in [-0.1, -0.05) is 0 Å². The molecular weight excluding hydrogens is 282 g/mol. The smallest absolute Gasteiger partial charge is 0.287 e. The summed E-state index contributed by atoms with van der Waals surface area (Å²) in [4.78, 5) is 12.0. The van der Waals surface area contributed by atoms with Crippen molar-refractivity contribution in [1.82, 2.24) is 14.9 Å². The zero-order chi connectivity index (χ0) is 14.8. The van der Waals surface area contributed by atoms with Crippen molar-refractivity contribution in [3.8, 4) is 0 Å². The average Bonchev–Trinajstić information content (AvgIpc) is 2.90. The van der Waals surface area contributed by atoms with E-state index in [1.54, 1.807) is 0 Å². The lowest BCUT2D eigenvalue weighted by molar-refractivity contribution is 0.0897. The normalized spacial score (nSPS) is 20.1. The van der Waals surface area contributed by atoms with E-state index in [4.69, 9.17) is 4.42 Å². The minimum atomic E-state index is -3.65. The molecule has 7 nitrogen and oxygen atoms in total. The van der Waals surface area contributed by atoms with Crippen molar-refractivity contribution in [2.24, 2.45) is 0 Å². The molecule has 1 atom stereocenters. The predicted octanol–water partition coefficient (Wildman–Crippen LogP) is 0.0117. The fourth-order valence-electron chi connectivity index (χ4n) is 1.99. The Balaban J connectivity index is 2.06. The summed E-state index contributed by atoms with van der Waals surface area (Å²) in [7, 11) is -0.832. The van der Waals surface area contributed by atoms with Gasteiger partial charge in [0.2, 0.25) is 5.09 Å². The molecule has 1 aromatic heterocycles. The number of hydrogen-bond donors (Lipinski definition) is 2. The number of nitrogens with zero attached hydrogens (tertiary/aromatic N) is 1. The predicted molar refractivity (Wildman–Crippen MR) is 72.9 cm³/mol. The van der Waals surface area contributed by atoms with E-state index in [1.165, 1.54) is 26.2 Å². The van der Waals surface area contributed by atoms with Crippen molar-refractivity contribution >= 4 is 15.9 Å². The Kier molecular flexibility index (Phi) is 4.46. The average molecular weight is 301 g/mol. The summed E-state index contributed by atoms with van der Waals surface area (Å²) in [5.74, 6) is -0.380. The van der Waals surface area contributed by atoms with Crippen LogP contribution in [0.2, 0.25) is 0 Å². The van der Waals surface area contributed by atoms with Crippen molar-refractivity contribution in [3.63, 3.8) is 0 Å². The third-order valence-electron chi connectivity index (χ3n) is 3.17. The van der Waals surface area contributed by atoms with Crippen molar-refractivity contribution in [1.29, 1.82) is 0 Å². The Morgan fingerprint density at radius 2 is 2.20 bits per heavy atom. The molecular formula is C12H19N3O4S. The monoisotopic (exact) mass is 301 g/mol. The first kappa shape index (κ1) is 15.0. The molecule has 1 aliphatic heterocycles. The summed E-state index contributed by atoms with van der Waals surface area (Å²) in [6, 6.07) is 2.72. The number of nitrogens with one attached hydrogen (secondary N) is 2. The number of rotatable bonds is 4. The number of carbonyl (C=O) groups is 1. The second-order valence-corrected chi connectivity index (χ2v) is 7.01. The van der Waals surface area contributed by atoms with Gasteiger partial charge in [0, 0.05) is 26.7 Å². The van der Waals surface area contributed by atoms with Gasteiger partial charge < -0.3 is 15.1 Å². The molecule has 0 aromatic carbocycles. The zero-order valence-electron chi connectivity index (χ0n) is 11.5. The third kappa shape index (κ3) is 3.20. The molecule has 0 radical (unpaired) electrons.